The number of anilines is 1. The van der Waals surface area contributed by atoms with Gasteiger partial charge in [-0.25, -0.2) is 4.79 Å². The number of carboxylic acids is 1. The van der Waals surface area contributed by atoms with Gasteiger partial charge in [-0.05, 0) is 29.8 Å². The van der Waals surface area contributed by atoms with Gasteiger partial charge in [0.1, 0.15) is 5.82 Å². The minimum Gasteiger partial charge on any atom is -0.478 e. The van der Waals surface area contributed by atoms with Gasteiger partial charge >= 0.3 is 5.97 Å². The first-order chi connectivity index (χ1) is 8.16. The normalized spacial score (nSPS) is 10.2. The fraction of sp³-hybridized carbons (Fsp3) is 0.154. The van der Waals surface area contributed by atoms with Crippen LogP contribution in [0, 0.1) is 0 Å². The molecular weight excluding hydrogens is 216 g/mol. The van der Waals surface area contributed by atoms with Gasteiger partial charge in [0, 0.05) is 19.8 Å². The third kappa shape index (κ3) is 2.66. The Morgan fingerprint density at radius 3 is 2.82 bits per heavy atom. The Kier molecular flexibility index (Phi) is 3.14. The van der Waals surface area contributed by atoms with Crippen molar-refractivity contribution in [3.63, 3.8) is 0 Å². The Balaban J connectivity index is 2.13. The molecule has 0 aliphatic carbocycles. The van der Waals surface area contributed by atoms with Gasteiger partial charge in [-0.3, -0.25) is 0 Å². The minimum absolute atomic E-state index is 0.322. The van der Waals surface area contributed by atoms with Crippen molar-refractivity contribution in [3.05, 3.63) is 53.7 Å². The van der Waals surface area contributed by atoms with E-state index in [1.807, 2.05) is 36.3 Å². The predicted octanol–water partition coefficient (Wildman–Crippen LogP) is 2.35. The summed E-state index contributed by atoms with van der Waals surface area (Å²) in [6, 6.07) is 10.9. The van der Waals surface area contributed by atoms with Crippen molar-refractivity contribution in [2.45, 2.75) is 6.54 Å². The Morgan fingerprint density at radius 1 is 1.35 bits per heavy atom. The molecule has 0 aliphatic rings. The third-order valence-electron chi connectivity index (χ3n) is 2.59. The first-order valence-corrected chi connectivity index (χ1v) is 5.33. The van der Waals surface area contributed by atoms with E-state index in [0.29, 0.717) is 12.1 Å². The molecule has 0 unspecified atom stereocenters. The van der Waals surface area contributed by atoms with Crippen LogP contribution in [0.5, 0.6) is 0 Å². The van der Waals surface area contributed by atoms with Crippen LogP contribution in [0.15, 0.2) is 42.6 Å². The minimum atomic E-state index is -0.894. The number of aromatic carboxylic acids is 1. The maximum absolute atomic E-state index is 10.8. The summed E-state index contributed by atoms with van der Waals surface area (Å²) in [6.07, 6.45) is 1.86. The summed E-state index contributed by atoms with van der Waals surface area (Å²) in [5, 5.41) is 8.91. The second kappa shape index (κ2) is 4.74. The molecule has 88 valence electrons. The molecule has 0 amide bonds. The number of nitrogens with one attached hydrogen (secondary N) is 1. The standard InChI is InChI=1S/C13H14N2O2/c1-15(12-6-3-7-14-12)9-10-4-2-5-11(8-10)13(16)17/h2-8,14H,9H2,1H3,(H,16,17). The van der Waals surface area contributed by atoms with Crippen LogP contribution in [0.3, 0.4) is 0 Å². The SMILES string of the molecule is CN(Cc1cccc(C(=O)O)c1)c1ccc[nH]1. The average Bonchev–Trinajstić information content (AvgIpc) is 2.82. The summed E-state index contributed by atoms with van der Waals surface area (Å²) >= 11 is 0. The van der Waals surface area contributed by atoms with Gasteiger partial charge < -0.3 is 15.0 Å². The molecule has 0 aliphatic heterocycles. The number of hydrogen-bond donors (Lipinski definition) is 2. The molecule has 2 aromatic rings. The van der Waals surface area contributed by atoms with Gasteiger partial charge in [0.2, 0.25) is 0 Å². The highest BCUT2D eigenvalue weighted by Crippen LogP contribution is 2.13. The number of rotatable bonds is 4. The van der Waals surface area contributed by atoms with Crippen LogP contribution in [0.25, 0.3) is 0 Å². The summed E-state index contributed by atoms with van der Waals surface area (Å²) in [5.74, 6) is 0.111. The number of nitrogens with zero attached hydrogens (tertiary/aromatic N) is 1. The Morgan fingerprint density at radius 2 is 2.18 bits per heavy atom. The fourth-order valence-electron chi connectivity index (χ4n) is 1.72. The first-order valence-electron chi connectivity index (χ1n) is 5.33. The van der Waals surface area contributed by atoms with Crippen LogP contribution >= 0.6 is 0 Å². The van der Waals surface area contributed by atoms with E-state index in [-0.39, 0.29) is 0 Å². The van der Waals surface area contributed by atoms with Crippen molar-refractivity contribution in [1.29, 1.82) is 0 Å². The lowest BCUT2D eigenvalue weighted by Crippen LogP contribution is -2.16. The smallest absolute Gasteiger partial charge is 0.335 e. The summed E-state index contributed by atoms with van der Waals surface area (Å²) in [4.78, 5) is 16.0. The number of hydrogen-bond acceptors (Lipinski definition) is 2. The molecule has 0 fully saturated rings. The fourth-order valence-corrected chi connectivity index (χ4v) is 1.72. The average molecular weight is 230 g/mol. The molecule has 1 heterocycles. The molecule has 0 atom stereocenters. The zero-order chi connectivity index (χ0) is 12.3. The van der Waals surface area contributed by atoms with E-state index in [2.05, 4.69) is 4.98 Å². The molecule has 2 rings (SSSR count). The number of benzene rings is 1. The Hall–Kier alpha value is -2.23. The molecule has 2 N–H and O–H groups in total. The summed E-state index contributed by atoms with van der Waals surface area (Å²) in [7, 11) is 1.96. The van der Waals surface area contributed by atoms with Gasteiger partial charge in [0.25, 0.3) is 0 Å². The highest BCUT2D eigenvalue weighted by molar-refractivity contribution is 5.87. The Labute approximate surface area is 99.5 Å². The van der Waals surface area contributed by atoms with E-state index >= 15 is 0 Å². The van der Waals surface area contributed by atoms with E-state index in [1.165, 1.54) is 0 Å². The lowest BCUT2D eigenvalue weighted by atomic mass is 10.1. The first kappa shape index (κ1) is 11.3. The van der Waals surface area contributed by atoms with Crippen molar-refractivity contribution < 1.29 is 9.90 Å². The maximum atomic E-state index is 10.8. The number of aromatic amines is 1. The summed E-state index contributed by atoms with van der Waals surface area (Å²) in [6.45, 7) is 0.668. The number of carbonyl (C=O) groups is 1. The molecule has 0 radical (unpaired) electrons. The van der Waals surface area contributed by atoms with E-state index in [1.54, 1.807) is 18.2 Å². The van der Waals surface area contributed by atoms with Crippen LogP contribution in [-0.2, 0) is 6.54 Å². The molecule has 17 heavy (non-hydrogen) atoms. The molecule has 0 bridgehead atoms. The van der Waals surface area contributed by atoms with Gasteiger partial charge in [0.15, 0.2) is 0 Å². The lowest BCUT2D eigenvalue weighted by Gasteiger charge is -2.17. The van der Waals surface area contributed by atoms with E-state index in [0.717, 1.165) is 11.4 Å². The second-order valence-electron chi connectivity index (χ2n) is 3.92. The highest BCUT2D eigenvalue weighted by atomic mass is 16.4. The van der Waals surface area contributed by atoms with Crippen molar-refractivity contribution >= 4 is 11.8 Å². The second-order valence-corrected chi connectivity index (χ2v) is 3.92. The van der Waals surface area contributed by atoms with E-state index in [9.17, 15) is 4.79 Å². The number of aromatic nitrogens is 1. The summed E-state index contributed by atoms with van der Waals surface area (Å²) in [5.41, 5.74) is 1.30. The van der Waals surface area contributed by atoms with Crippen LogP contribution in [0.2, 0.25) is 0 Å². The zero-order valence-electron chi connectivity index (χ0n) is 9.55. The molecule has 4 heteroatoms. The molecule has 0 spiro atoms. The van der Waals surface area contributed by atoms with Crippen LogP contribution in [0.4, 0.5) is 5.82 Å². The third-order valence-corrected chi connectivity index (χ3v) is 2.59. The van der Waals surface area contributed by atoms with E-state index < -0.39 is 5.97 Å². The van der Waals surface area contributed by atoms with Crippen LogP contribution < -0.4 is 4.90 Å². The lowest BCUT2D eigenvalue weighted by molar-refractivity contribution is 0.0697. The molecule has 1 aromatic carbocycles. The van der Waals surface area contributed by atoms with Crippen molar-refractivity contribution in [1.82, 2.24) is 4.98 Å². The van der Waals surface area contributed by atoms with Gasteiger partial charge in [-0.15, -0.1) is 0 Å². The molecule has 0 saturated heterocycles. The van der Waals surface area contributed by atoms with Gasteiger partial charge in [-0.2, -0.15) is 0 Å². The van der Waals surface area contributed by atoms with Crippen LogP contribution in [-0.4, -0.2) is 23.1 Å². The maximum Gasteiger partial charge on any atom is 0.335 e. The monoisotopic (exact) mass is 230 g/mol. The van der Waals surface area contributed by atoms with Gasteiger partial charge in [-0.1, -0.05) is 12.1 Å². The van der Waals surface area contributed by atoms with Crippen LogP contribution in [0.1, 0.15) is 15.9 Å². The summed E-state index contributed by atoms with van der Waals surface area (Å²) < 4.78 is 0. The zero-order valence-corrected chi connectivity index (χ0v) is 9.55. The largest absolute Gasteiger partial charge is 0.478 e. The molecule has 1 aromatic heterocycles. The number of H-pyrrole nitrogens is 1. The highest BCUT2D eigenvalue weighted by Gasteiger charge is 2.06. The molecular formula is C13H14N2O2. The van der Waals surface area contributed by atoms with Crippen molar-refractivity contribution in [2.75, 3.05) is 11.9 Å². The van der Waals surface area contributed by atoms with Crippen molar-refractivity contribution in [3.8, 4) is 0 Å². The Bertz CT molecular complexity index is 506. The number of carboxylic acid groups (broad SMARTS) is 1. The van der Waals surface area contributed by atoms with E-state index in [4.69, 9.17) is 5.11 Å². The topological polar surface area (TPSA) is 56.3 Å². The molecule has 0 saturated carbocycles. The van der Waals surface area contributed by atoms with Gasteiger partial charge in [0.05, 0.1) is 5.56 Å². The van der Waals surface area contributed by atoms with Crippen molar-refractivity contribution in [2.24, 2.45) is 0 Å². The quantitative estimate of drug-likeness (QED) is 0.847. The predicted molar refractivity (Wildman–Crippen MR) is 66.3 cm³/mol. The molecule has 4 nitrogen and oxygen atoms in total.